The van der Waals surface area contributed by atoms with Crippen LogP contribution in [0.2, 0.25) is 0 Å². The number of nitrogens with zero attached hydrogens (tertiary/aromatic N) is 2. The van der Waals surface area contributed by atoms with E-state index in [2.05, 4.69) is 4.98 Å². The highest BCUT2D eigenvalue weighted by atomic mass is 16.3. The van der Waals surface area contributed by atoms with E-state index >= 15 is 0 Å². The van der Waals surface area contributed by atoms with Crippen molar-refractivity contribution in [2.75, 3.05) is 14.1 Å². The van der Waals surface area contributed by atoms with E-state index < -0.39 is 0 Å². The predicted octanol–water partition coefficient (Wildman–Crippen LogP) is 1.77. The van der Waals surface area contributed by atoms with Crippen molar-refractivity contribution in [2.24, 2.45) is 0 Å². The van der Waals surface area contributed by atoms with Gasteiger partial charge < -0.3 is 9.32 Å². The molecule has 0 bridgehead atoms. The first kappa shape index (κ1) is 10.7. The number of likely N-dealkylation sites (N-methyl/N-ethyl adjacent to an activating group) is 1. The molecule has 4 heteroatoms. The lowest BCUT2D eigenvalue weighted by Gasteiger charge is -2.07. The summed E-state index contributed by atoms with van der Waals surface area (Å²) in [6, 6.07) is 5.79. The van der Waals surface area contributed by atoms with Crippen molar-refractivity contribution in [3.05, 3.63) is 29.7 Å². The molecule has 1 aromatic heterocycles. The SMILES string of the molecule is Cc1ccc2oc(CC(=O)N(C)C)nc2c1. The van der Waals surface area contributed by atoms with E-state index in [-0.39, 0.29) is 12.3 Å². The highest BCUT2D eigenvalue weighted by Crippen LogP contribution is 2.17. The molecule has 0 N–H and O–H groups in total. The molecule has 0 aliphatic heterocycles. The van der Waals surface area contributed by atoms with Gasteiger partial charge >= 0.3 is 0 Å². The fraction of sp³-hybridized carbons (Fsp3) is 0.333. The third-order valence-electron chi connectivity index (χ3n) is 2.39. The largest absolute Gasteiger partial charge is 0.440 e. The molecule has 0 atom stereocenters. The number of carbonyl (C=O) groups excluding carboxylic acids is 1. The van der Waals surface area contributed by atoms with Crippen LogP contribution >= 0.6 is 0 Å². The van der Waals surface area contributed by atoms with Gasteiger partial charge in [-0.15, -0.1) is 0 Å². The summed E-state index contributed by atoms with van der Waals surface area (Å²) < 4.78 is 5.49. The molecular formula is C12H14N2O2. The molecule has 0 aliphatic carbocycles. The maximum Gasteiger partial charge on any atom is 0.231 e. The quantitative estimate of drug-likeness (QED) is 0.771. The maximum absolute atomic E-state index is 11.5. The Labute approximate surface area is 93.9 Å². The fourth-order valence-corrected chi connectivity index (χ4v) is 1.45. The number of amides is 1. The van der Waals surface area contributed by atoms with Gasteiger partial charge in [-0.25, -0.2) is 4.98 Å². The molecule has 84 valence electrons. The van der Waals surface area contributed by atoms with E-state index in [0.717, 1.165) is 16.7 Å². The van der Waals surface area contributed by atoms with Crippen LogP contribution in [0.15, 0.2) is 22.6 Å². The van der Waals surface area contributed by atoms with Gasteiger partial charge in [0.1, 0.15) is 11.9 Å². The third-order valence-corrected chi connectivity index (χ3v) is 2.39. The van der Waals surface area contributed by atoms with E-state index in [9.17, 15) is 4.79 Å². The first-order valence-corrected chi connectivity index (χ1v) is 5.12. The molecule has 0 saturated heterocycles. The van der Waals surface area contributed by atoms with Crippen molar-refractivity contribution in [3.8, 4) is 0 Å². The molecule has 1 amide bonds. The van der Waals surface area contributed by atoms with Gasteiger partial charge in [-0.1, -0.05) is 6.07 Å². The van der Waals surface area contributed by atoms with Gasteiger partial charge in [-0.3, -0.25) is 4.79 Å². The average Bonchev–Trinajstić information content (AvgIpc) is 2.58. The Morgan fingerprint density at radius 2 is 2.19 bits per heavy atom. The van der Waals surface area contributed by atoms with Crippen molar-refractivity contribution >= 4 is 17.0 Å². The van der Waals surface area contributed by atoms with Crippen LogP contribution in [-0.2, 0) is 11.2 Å². The Morgan fingerprint density at radius 1 is 1.44 bits per heavy atom. The minimum Gasteiger partial charge on any atom is -0.440 e. The highest BCUT2D eigenvalue weighted by molar-refractivity contribution is 5.79. The number of rotatable bonds is 2. The van der Waals surface area contributed by atoms with Gasteiger partial charge in [-0.2, -0.15) is 0 Å². The van der Waals surface area contributed by atoms with E-state index in [1.54, 1.807) is 14.1 Å². The molecule has 0 fully saturated rings. The fourth-order valence-electron chi connectivity index (χ4n) is 1.45. The van der Waals surface area contributed by atoms with Crippen LogP contribution in [0, 0.1) is 6.92 Å². The molecule has 1 aromatic carbocycles. The molecule has 0 unspecified atom stereocenters. The molecule has 0 aliphatic rings. The Morgan fingerprint density at radius 3 is 2.88 bits per heavy atom. The molecule has 0 radical (unpaired) electrons. The molecular weight excluding hydrogens is 204 g/mol. The van der Waals surface area contributed by atoms with Crippen LogP contribution < -0.4 is 0 Å². The number of hydrogen-bond donors (Lipinski definition) is 0. The second-order valence-electron chi connectivity index (χ2n) is 4.04. The number of hydrogen-bond acceptors (Lipinski definition) is 3. The lowest BCUT2D eigenvalue weighted by atomic mass is 10.2. The molecule has 2 rings (SSSR count). The summed E-state index contributed by atoms with van der Waals surface area (Å²) in [4.78, 5) is 17.3. The Bertz CT molecular complexity index is 529. The van der Waals surface area contributed by atoms with Crippen LogP contribution in [-0.4, -0.2) is 29.9 Å². The zero-order chi connectivity index (χ0) is 11.7. The minimum absolute atomic E-state index is 0.0109. The molecule has 0 spiro atoms. The van der Waals surface area contributed by atoms with Gasteiger partial charge in [0.05, 0.1) is 0 Å². The van der Waals surface area contributed by atoms with Gasteiger partial charge in [0.25, 0.3) is 0 Å². The number of aryl methyl sites for hydroxylation is 1. The number of aromatic nitrogens is 1. The smallest absolute Gasteiger partial charge is 0.231 e. The summed E-state index contributed by atoms with van der Waals surface area (Å²) in [5.41, 5.74) is 2.67. The Balaban J connectivity index is 2.29. The monoisotopic (exact) mass is 218 g/mol. The van der Waals surface area contributed by atoms with E-state index in [4.69, 9.17) is 4.42 Å². The number of benzene rings is 1. The number of carbonyl (C=O) groups is 1. The summed E-state index contributed by atoms with van der Waals surface area (Å²) in [5.74, 6) is 0.461. The van der Waals surface area contributed by atoms with Crippen molar-refractivity contribution < 1.29 is 9.21 Å². The lowest BCUT2D eigenvalue weighted by Crippen LogP contribution is -2.23. The summed E-state index contributed by atoms with van der Waals surface area (Å²) in [6.45, 7) is 2.00. The van der Waals surface area contributed by atoms with E-state index in [0.29, 0.717) is 5.89 Å². The van der Waals surface area contributed by atoms with Crippen molar-refractivity contribution in [1.29, 1.82) is 0 Å². The van der Waals surface area contributed by atoms with E-state index in [1.165, 1.54) is 4.90 Å². The first-order valence-electron chi connectivity index (χ1n) is 5.12. The molecule has 16 heavy (non-hydrogen) atoms. The summed E-state index contributed by atoms with van der Waals surface area (Å²) in [7, 11) is 3.43. The van der Waals surface area contributed by atoms with Gasteiger partial charge in [0.2, 0.25) is 11.8 Å². The van der Waals surface area contributed by atoms with Crippen molar-refractivity contribution in [3.63, 3.8) is 0 Å². The molecule has 0 saturated carbocycles. The zero-order valence-electron chi connectivity index (χ0n) is 9.65. The predicted molar refractivity (Wildman–Crippen MR) is 61.1 cm³/mol. The van der Waals surface area contributed by atoms with Crippen LogP contribution in [0.3, 0.4) is 0 Å². The third kappa shape index (κ3) is 2.05. The van der Waals surface area contributed by atoms with Gasteiger partial charge in [0.15, 0.2) is 5.58 Å². The minimum atomic E-state index is -0.0109. The maximum atomic E-state index is 11.5. The standard InChI is InChI=1S/C12H14N2O2/c1-8-4-5-10-9(6-8)13-11(16-10)7-12(15)14(2)3/h4-6H,7H2,1-3H3. The van der Waals surface area contributed by atoms with Gasteiger partial charge in [0, 0.05) is 14.1 Å². The van der Waals surface area contributed by atoms with Crippen LogP contribution in [0.25, 0.3) is 11.1 Å². The summed E-state index contributed by atoms with van der Waals surface area (Å²) in [5, 5.41) is 0. The van der Waals surface area contributed by atoms with Crippen LogP contribution in [0.1, 0.15) is 11.5 Å². The average molecular weight is 218 g/mol. The normalized spacial score (nSPS) is 10.7. The lowest BCUT2D eigenvalue weighted by molar-refractivity contribution is -0.128. The van der Waals surface area contributed by atoms with Crippen molar-refractivity contribution in [1.82, 2.24) is 9.88 Å². The highest BCUT2D eigenvalue weighted by Gasteiger charge is 2.11. The number of fused-ring (bicyclic) bond motifs is 1. The van der Waals surface area contributed by atoms with Crippen LogP contribution in [0.4, 0.5) is 0 Å². The first-order chi connectivity index (χ1) is 7.56. The second kappa shape index (κ2) is 3.96. The van der Waals surface area contributed by atoms with E-state index in [1.807, 2.05) is 25.1 Å². The summed E-state index contributed by atoms with van der Waals surface area (Å²) in [6.07, 6.45) is 0.209. The zero-order valence-corrected chi connectivity index (χ0v) is 9.65. The molecule has 4 nitrogen and oxygen atoms in total. The molecule has 2 aromatic rings. The van der Waals surface area contributed by atoms with Crippen LogP contribution in [0.5, 0.6) is 0 Å². The second-order valence-corrected chi connectivity index (χ2v) is 4.04. The Hall–Kier alpha value is -1.84. The van der Waals surface area contributed by atoms with Crippen molar-refractivity contribution in [2.45, 2.75) is 13.3 Å². The molecule has 1 heterocycles. The summed E-state index contributed by atoms with van der Waals surface area (Å²) >= 11 is 0. The Kier molecular flexibility index (Phi) is 2.64. The topological polar surface area (TPSA) is 46.3 Å². The van der Waals surface area contributed by atoms with Gasteiger partial charge in [-0.05, 0) is 24.6 Å². The number of oxazole rings is 1.